The summed E-state index contributed by atoms with van der Waals surface area (Å²) in [6, 6.07) is 0. The van der Waals surface area contributed by atoms with Gasteiger partial charge in [0, 0.05) is 12.2 Å². The molecule has 0 saturated carbocycles. The first-order chi connectivity index (χ1) is 13.1. The van der Waals surface area contributed by atoms with Crippen molar-refractivity contribution in [2.75, 3.05) is 13.2 Å². The Morgan fingerprint density at radius 2 is 1.11 bits per heavy atom. The zero-order valence-electron chi connectivity index (χ0n) is 18.0. The van der Waals surface area contributed by atoms with Crippen LogP contribution in [0.4, 0.5) is 0 Å². The SMILES string of the molecule is CCCCCCCCCCCCCOC(=O)/C=C/C(=O)OCC(CC)CC. The van der Waals surface area contributed by atoms with E-state index in [0.29, 0.717) is 19.1 Å². The van der Waals surface area contributed by atoms with E-state index in [1.165, 1.54) is 57.8 Å². The molecule has 0 N–H and O–H groups in total. The minimum Gasteiger partial charge on any atom is -0.463 e. The van der Waals surface area contributed by atoms with Gasteiger partial charge in [0.25, 0.3) is 0 Å². The van der Waals surface area contributed by atoms with Gasteiger partial charge < -0.3 is 9.47 Å². The van der Waals surface area contributed by atoms with E-state index >= 15 is 0 Å². The Morgan fingerprint density at radius 3 is 1.59 bits per heavy atom. The normalized spacial score (nSPS) is 11.3. The molecule has 158 valence electrons. The van der Waals surface area contributed by atoms with Gasteiger partial charge in [-0.15, -0.1) is 0 Å². The molecule has 0 aromatic rings. The van der Waals surface area contributed by atoms with Crippen molar-refractivity contribution in [3.63, 3.8) is 0 Å². The Hall–Kier alpha value is -1.32. The number of hydrogen-bond donors (Lipinski definition) is 0. The Bertz CT molecular complexity index is 386. The van der Waals surface area contributed by atoms with Crippen molar-refractivity contribution in [1.82, 2.24) is 0 Å². The van der Waals surface area contributed by atoms with Crippen molar-refractivity contribution in [2.24, 2.45) is 5.92 Å². The monoisotopic (exact) mass is 382 g/mol. The molecule has 0 amide bonds. The molecule has 0 aliphatic carbocycles. The van der Waals surface area contributed by atoms with Gasteiger partial charge in [-0.2, -0.15) is 0 Å². The summed E-state index contributed by atoms with van der Waals surface area (Å²) in [6.07, 6.45) is 18.2. The lowest BCUT2D eigenvalue weighted by Crippen LogP contribution is -2.12. The second-order valence-corrected chi connectivity index (χ2v) is 7.35. The van der Waals surface area contributed by atoms with Gasteiger partial charge in [0.2, 0.25) is 0 Å². The quantitative estimate of drug-likeness (QED) is 0.157. The predicted molar refractivity (Wildman–Crippen MR) is 112 cm³/mol. The van der Waals surface area contributed by atoms with E-state index in [1.54, 1.807) is 0 Å². The Morgan fingerprint density at radius 1 is 0.667 bits per heavy atom. The van der Waals surface area contributed by atoms with Gasteiger partial charge in [-0.1, -0.05) is 97.8 Å². The third-order valence-electron chi connectivity index (χ3n) is 4.96. The summed E-state index contributed by atoms with van der Waals surface area (Å²) in [7, 11) is 0. The molecule has 4 nitrogen and oxygen atoms in total. The fourth-order valence-corrected chi connectivity index (χ4v) is 2.90. The molecular weight excluding hydrogens is 340 g/mol. The molecule has 0 saturated heterocycles. The van der Waals surface area contributed by atoms with Crippen LogP contribution in [0.1, 0.15) is 104 Å². The maximum Gasteiger partial charge on any atom is 0.331 e. The van der Waals surface area contributed by atoms with Gasteiger partial charge in [-0.05, 0) is 12.3 Å². The van der Waals surface area contributed by atoms with Crippen LogP contribution in [-0.4, -0.2) is 25.2 Å². The fourth-order valence-electron chi connectivity index (χ4n) is 2.90. The molecular formula is C23H42O4. The van der Waals surface area contributed by atoms with E-state index in [0.717, 1.165) is 37.8 Å². The van der Waals surface area contributed by atoms with Gasteiger partial charge in [-0.25, -0.2) is 9.59 Å². The highest BCUT2D eigenvalue weighted by molar-refractivity contribution is 5.91. The average Bonchev–Trinajstić information content (AvgIpc) is 2.68. The molecule has 0 fully saturated rings. The second kappa shape index (κ2) is 19.4. The van der Waals surface area contributed by atoms with Crippen molar-refractivity contribution in [3.05, 3.63) is 12.2 Å². The van der Waals surface area contributed by atoms with Gasteiger partial charge in [0.05, 0.1) is 13.2 Å². The number of carbonyl (C=O) groups excluding carboxylic acids is 2. The van der Waals surface area contributed by atoms with Crippen molar-refractivity contribution in [3.8, 4) is 0 Å². The number of carbonyl (C=O) groups is 2. The minimum atomic E-state index is -0.478. The first-order valence-corrected chi connectivity index (χ1v) is 11.2. The fraction of sp³-hybridized carbons (Fsp3) is 0.826. The molecule has 0 bridgehead atoms. The zero-order valence-corrected chi connectivity index (χ0v) is 18.0. The smallest absolute Gasteiger partial charge is 0.331 e. The lowest BCUT2D eigenvalue weighted by Gasteiger charge is -2.11. The summed E-state index contributed by atoms with van der Waals surface area (Å²) < 4.78 is 10.2. The van der Waals surface area contributed by atoms with E-state index < -0.39 is 11.9 Å². The Labute approximate surface area is 167 Å². The van der Waals surface area contributed by atoms with Crippen LogP contribution in [0, 0.1) is 5.92 Å². The molecule has 0 aliphatic rings. The van der Waals surface area contributed by atoms with Gasteiger partial charge in [0.15, 0.2) is 0 Å². The van der Waals surface area contributed by atoms with Crippen LogP contribution in [0.25, 0.3) is 0 Å². The third-order valence-corrected chi connectivity index (χ3v) is 4.96. The lowest BCUT2D eigenvalue weighted by molar-refractivity contribution is -0.141. The van der Waals surface area contributed by atoms with Gasteiger partial charge in [-0.3, -0.25) is 0 Å². The highest BCUT2D eigenvalue weighted by atomic mass is 16.5. The maximum absolute atomic E-state index is 11.6. The molecule has 0 aliphatic heterocycles. The van der Waals surface area contributed by atoms with E-state index in [2.05, 4.69) is 20.8 Å². The summed E-state index contributed by atoms with van der Waals surface area (Å²) >= 11 is 0. The standard InChI is InChI=1S/C23H42O4/c1-4-7-8-9-10-11-12-13-14-15-16-19-26-22(24)17-18-23(25)27-20-21(5-2)6-3/h17-18,21H,4-16,19-20H2,1-3H3/b18-17+. The maximum atomic E-state index is 11.6. The highest BCUT2D eigenvalue weighted by Crippen LogP contribution is 2.11. The first-order valence-electron chi connectivity index (χ1n) is 11.2. The lowest BCUT2D eigenvalue weighted by atomic mass is 10.1. The molecule has 0 rings (SSSR count). The molecule has 27 heavy (non-hydrogen) atoms. The summed E-state index contributed by atoms with van der Waals surface area (Å²) in [5.41, 5.74) is 0. The number of rotatable bonds is 18. The largest absolute Gasteiger partial charge is 0.463 e. The van der Waals surface area contributed by atoms with Crippen LogP contribution in [0.5, 0.6) is 0 Å². The molecule has 0 aromatic carbocycles. The number of ether oxygens (including phenoxy) is 2. The van der Waals surface area contributed by atoms with Crippen LogP contribution >= 0.6 is 0 Å². The van der Waals surface area contributed by atoms with Crippen LogP contribution in [-0.2, 0) is 19.1 Å². The molecule has 0 unspecified atom stereocenters. The van der Waals surface area contributed by atoms with Crippen molar-refractivity contribution < 1.29 is 19.1 Å². The summed E-state index contributed by atoms with van der Waals surface area (Å²) in [5, 5.41) is 0. The molecule has 0 spiro atoms. The molecule has 0 atom stereocenters. The van der Waals surface area contributed by atoms with Crippen LogP contribution in [0.15, 0.2) is 12.2 Å². The average molecular weight is 383 g/mol. The summed E-state index contributed by atoms with van der Waals surface area (Å²) in [6.45, 7) is 7.22. The van der Waals surface area contributed by atoms with Crippen molar-refractivity contribution >= 4 is 11.9 Å². The Balaban J connectivity index is 3.49. The number of unbranched alkanes of at least 4 members (excludes halogenated alkanes) is 10. The van der Waals surface area contributed by atoms with E-state index in [9.17, 15) is 9.59 Å². The summed E-state index contributed by atoms with van der Waals surface area (Å²) in [5.74, 6) is -0.564. The third kappa shape index (κ3) is 17.8. The van der Waals surface area contributed by atoms with Crippen molar-refractivity contribution in [2.45, 2.75) is 104 Å². The molecule has 0 radical (unpaired) electrons. The van der Waals surface area contributed by atoms with Crippen LogP contribution in [0.3, 0.4) is 0 Å². The first kappa shape index (κ1) is 25.7. The zero-order chi connectivity index (χ0) is 20.2. The minimum absolute atomic E-state index is 0.385. The van der Waals surface area contributed by atoms with E-state index in [4.69, 9.17) is 9.47 Å². The molecule has 4 heteroatoms. The second-order valence-electron chi connectivity index (χ2n) is 7.35. The van der Waals surface area contributed by atoms with E-state index in [-0.39, 0.29) is 0 Å². The van der Waals surface area contributed by atoms with Gasteiger partial charge >= 0.3 is 11.9 Å². The Kier molecular flexibility index (Phi) is 18.5. The topological polar surface area (TPSA) is 52.6 Å². The van der Waals surface area contributed by atoms with E-state index in [1.807, 2.05) is 0 Å². The number of hydrogen-bond acceptors (Lipinski definition) is 4. The van der Waals surface area contributed by atoms with Crippen LogP contribution < -0.4 is 0 Å². The van der Waals surface area contributed by atoms with Crippen molar-refractivity contribution in [1.29, 1.82) is 0 Å². The highest BCUT2D eigenvalue weighted by Gasteiger charge is 2.06. The molecule has 0 heterocycles. The number of esters is 2. The molecule has 0 aromatic heterocycles. The van der Waals surface area contributed by atoms with Crippen LogP contribution in [0.2, 0.25) is 0 Å². The summed E-state index contributed by atoms with van der Waals surface area (Å²) in [4.78, 5) is 23.1. The van der Waals surface area contributed by atoms with Gasteiger partial charge in [0.1, 0.15) is 0 Å². The predicted octanol–water partition coefficient (Wildman–Crippen LogP) is 6.38.